The second-order valence-electron chi connectivity index (χ2n) is 5.57. The quantitative estimate of drug-likeness (QED) is 0.287. The van der Waals surface area contributed by atoms with Gasteiger partial charge in [0.1, 0.15) is 11.6 Å². The maximum Gasteiger partial charge on any atom is 0.190 e. The molecule has 0 radical (unpaired) electrons. The molecule has 8 heteroatoms. The molecule has 0 aliphatic carbocycles. The van der Waals surface area contributed by atoms with Crippen molar-refractivity contribution in [1.29, 1.82) is 0 Å². The van der Waals surface area contributed by atoms with E-state index < -0.39 is 11.6 Å². The fourth-order valence-corrected chi connectivity index (χ4v) is 2.36. The monoisotopic (exact) mass is 463 g/mol. The van der Waals surface area contributed by atoms with Gasteiger partial charge in [-0.3, -0.25) is 9.67 Å². The SMILES string of the molecule is CN=C(NCCCn1cccn1)NCC(C)c1ccc(F)cc1F.I. The molecule has 0 saturated heterocycles. The number of guanidine groups is 1. The zero-order valence-corrected chi connectivity index (χ0v) is 16.7. The summed E-state index contributed by atoms with van der Waals surface area (Å²) in [5, 5.41) is 10.5. The average Bonchev–Trinajstić information content (AvgIpc) is 3.07. The molecule has 2 N–H and O–H groups in total. The number of aliphatic imine (C=N–C) groups is 1. The van der Waals surface area contributed by atoms with Crippen LogP contribution in [0.15, 0.2) is 41.7 Å². The summed E-state index contributed by atoms with van der Waals surface area (Å²) in [5.41, 5.74) is 0.484. The second-order valence-corrected chi connectivity index (χ2v) is 5.57. The molecule has 138 valence electrons. The van der Waals surface area contributed by atoms with Crippen LogP contribution in [-0.4, -0.2) is 35.9 Å². The summed E-state index contributed by atoms with van der Waals surface area (Å²) in [6, 6.07) is 5.56. The summed E-state index contributed by atoms with van der Waals surface area (Å²) in [7, 11) is 1.69. The van der Waals surface area contributed by atoms with Crippen molar-refractivity contribution in [3.05, 3.63) is 53.9 Å². The zero-order chi connectivity index (χ0) is 17.4. The Balaban J connectivity index is 0.00000312. The molecule has 2 rings (SSSR count). The van der Waals surface area contributed by atoms with E-state index in [1.54, 1.807) is 13.2 Å². The molecule has 1 unspecified atom stereocenters. The fraction of sp³-hybridized carbons (Fsp3) is 0.412. The second kappa shape index (κ2) is 11.0. The van der Waals surface area contributed by atoms with Gasteiger partial charge in [0.25, 0.3) is 0 Å². The van der Waals surface area contributed by atoms with Gasteiger partial charge in [-0.25, -0.2) is 8.78 Å². The summed E-state index contributed by atoms with van der Waals surface area (Å²) in [6.07, 6.45) is 4.58. The Kier molecular flexibility index (Phi) is 9.40. The number of halogens is 3. The van der Waals surface area contributed by atoms with Gasteiger partial charge in [0, 0.05) is 51.1 Å². The smallest absolute Gasteiger partial charge is 0.190 e. The fourth-order valence-electron chi connectivity index (χ4n) is 2.36. The van der Waals surface area contributed by atoms with Gasteiger partial charge < -0.3 is 10.6 Å². The summed E-state index contributed by atoms with van der Waals surface area (Å²) in [6.45, 7) is 3.96. The van der Waals surface area contributed by atoms with Gasteiger partial charge in [0.2, 0.25) is 0 Å². The number of hydrogen-bond acceptors (Lipinski definition) is 2. The molecule has 0 aliphatic heterocycles. The minimum atomic E-state index is -0.564. The van der Waals surface area contributed by atoms with E-state index in [1.807, 2.05) is 23.9 Å². The maximum atomic E-state index is 13.8. The Morgan fingerprint density at radius 3 is 2.76 bits per heavy atom. The van der Waals surface area contributed by atoms with Crippen molar-refractivity contribution in [2.45, 2.75) is 25.8 Å². The first-order valence-electron chi connectivity index (χ1n) is 7.97. The highest BCUT2D eigenvalue weighted by atomic mass is 127. The highest BCUT2D eigenvalue weighted by Crippen LogP contribution is 2.18. The van der Waals surface area contributed by atoms with Gasteiger partial charge in [-0.2, -0.15) is 5.10 Å². The summed E-state index contributed by atoms with van der Waals surface area (Å²) in [4.78, 5) is 4.14. The van der Waals surface area contributed by atoms with Gasteiger partial charge in [0.15, 0.2) is 5.96 Å². The Morgan fingerprint density at radius 1 is 1.32 bits per heavy atom. The topological polar surface area (TPSA) is 54.2 Å². The number of nitrogens with one attached hydrogen (secondary N) is 2. The largest absolute Gasteiger partial charge is 0.356 e. The van der Waals surface area contributed by atoms with Crippen LogP contribution in [0.5, 0.6) is 0 Å². The van der Waals surface area contributed by atoms with Crippen molar-refractivity contribution in [1.82, 2.24) is 20.4 Å². The first-order valence-corrected chi connectivity index (χ1v) is 7.97. The Morgan fingerprint density at radius 2 is 2.12 bits per heavy atom. The van der Waals surface area contributed by atoms with Crippen LogP contribution in [0.4, 0.5) is 8.78 Å². The molecule has 1 atom stereocenters. The van der Waals surface area contributed by atoms with E-state index in [9.17, 15) is 8.78 Å². The third kappa shape index (κ3) is 6.97. The standard InChI is InChI=1S/C17H23F2N5.HI/c1-13(15-6-5-14(18)11-16(15)19)12-22-17(20-2)21-7-3-9-24-10-4-8-23-24;/h4-6,8,10-11,13H,3,7,9,12H2,1-2H3,(H2,20,21,22);1H. The Bertz CT molecular complexity index is 661. The molecule has 1 heterocycles. The molecule has 1 aromatic carbocycles. The number of rotatable bonds is 7. The number of aryl methyl sites for hydroxylation is 1. The highest BCUT2D eigenvalue weighted by Gasteiger charge is 2.12. The minimum absolute atomic E-state index is 0. The molecule has 0 saturated carbocycles. The molecule has 1 aromatic heterocycles. The number of hydrogen-bond donors (Lipinski definition) is 2. The zero-order valence-electron chi connectivity index (χ0n) is 14.4. The van der Waals surface area contributed by atoms with Crippen molar-refractivity contribution >= 4 is 29.9 Å². The van der Waals surface area contributed by atoms with E-state index in [0.717, 1.165) is 25.6 Å². The highest BCUT2D eigenvalue weighted by molar-refractivity contribution is 14.0. The van der Waals surface area contributed by atoms with Crippen LogP contribution in [0.25, 0.3) is 0 Å². The lowest BCUT2D eigenvalue weighted by atomic mass is 10.0. The number of benzene rings is 1. The van der Waals surface area contributed by atoms with Crippen molar-refractivity contribution in [3.63, 3.8) is 0 Å². The van der Waals surface area contributed by atoms with Crippen molar-refractivity contribution in [3.8, 4) is 0 Å². The lowest BCUT2D eigenvalue weighted by molar-refractivity contribution is 0.553. The van der Waals surface area contributed by atoms with Crippen LogP contribution in [0.1, 0.15) is 24.8 Å². The summed E-state index contributed by atoms with van der Waals surface area (Å²) >= 11 is 0. The van der Waals surface area contributed by atoms with Crippen LogP contribution in [-0.2, 0) is 6.54 Å². The van der Waals surface area contributed by atoms with E-state index in [4.69, 9.17) is 0 Å². The first kappa shape index (κ1) is 21.3. The molecule has 5 nitrogen and oxygen atoms in total. The van der Waals surface area contributed by atoms with E-state index >= 15 is 0 Å². The number of nitrogens with zero attached hydrogens (tertiary/aromatic N) is 3. The minimum Gasteiger partial charge on any atom is -0.356 e. The van der Waals surface area contributed by atoms with Gasteiger partial charge in [-0.05, 0) is 24.1 Å². The molecule has 0 spiro atoms. The van der Waals surface area contributed by atoms with E-state index in [-0.39, 0.29) is 29.9 Å². The van der Waals surface area contributed by atoms with E-state index in [1.165, 1.54) is 12.1 Å². The molecule has 0 fully saturated rings. The van der Waals surface area contributed by atoms with Crippen molar-refractivity contribution in [2.24, 2.45) is 4.99 Å². The third-order valence-corrected chi connectivity index (χ3v) is 3.71. The van der Waals surface area contributed by atoms with Crippen molar-refractivity contribution in [2.75, 3.05) is 20.1 Å². The van der Waals surface area contributed by atoms with Gasteiger partial charge in [0.05, 0.1) is 0 Å². The summed E-state index contributed by atoms with van der Waals surface area (Å²) < 4.78 is 28.6. The van der Waals surface area contributed by atoms with Gasteiger partial charge in [-0.15, -0.1) is 24.0 Å². The van der Waals surface area contributed by atoms with Gasteiger partial charge in [-0.1, -0.05) is 13.0 Å². The average molecular weight is 463 g/mol. The number of aromatic nitrogens is 2. The van der Waals surface area contributed by atoms with Crippen LogP contribution < -0.4 is 10.6 Å². The predicted octanol–water partition coefficient (Wildman–Crippen LogP) is 3.14. The van der Waals surface area contributed by atoms with Crippen molar-refractivity contribution < 1.29 is 8.78 Å². The Hall–Kier alpha value is -1.71. The normalized spacial score (nSPS) is 12.4. The Labute approximate surface area is 163 Å². The summed E-state index contributed by atoms with van der Waals surface area (Å²) in [5.74, 6) is -0.532. The molecule has 0 bridgehead atoms. The van der Waals surface area contributed by atoms with E-state index in [0.29, 0.717) is 18.1 Å². The molecule has 2 aromatic rings. The van der Waals surface area contributed by atoms with Crippen LogP contribution in [0.3, 0.4) is 0 Å². The van der Waals surface area contributed by atoms with Crippen LogP contribution in [0.2, 0.25) is 0 Å². The lowest BCUT2D eigenvalue weighted by Gasteiger charge is -2.17. The predicted molar refractivity (Wildman–Crippen MR) is 106 cm³/mol. The van der Waals surface area contributed by atoms with E-state index in [2.05, 4.69) is 20.7 Å². The maximum absolute atomic E-state index is 13.8. The van der Waals surface area contributed by atoms with Gasteiger partial charge >= 0.3 is 0 Å². The first-order chi connectivity index (χ1) is 11.6. The molecular weight excluding hydrogens is 439 g/mol. The third-order valence-electron chi connectivity index (χ3n) is 3.71. The molecule has 25 heavy (non-hydrogen) atoms. The molecule has 0 aliphatic rings. The molecule has 0 amide bonds. The van der Waals surface area contributed by atoms with Crippen LogP contribution in [0, 0.1) is 11.6 Å². The molecular formula is C17H24F2IN5. The lowest BCUT2D eigenvalue weighted by Crippen LogP contribution is -2.39. The van der Waals surface area contributed by atoms with Crippen LogP contribution >= 0.6 is 24.0 Å².